The highest BCUT2D eigenvalue weighted by molar-refractivity contribution is 6.18. The average molecular weight is 266 g/mol. The van der Waals surface area contributed by atoms with Gasteiger partial charge in [0.1, 0.15) is 0 Å². The summed E-state index contributed by atoms with van der Waals surface area (Å²) in [6.07, 6.45) is -0.988. The Labute approximate surface area is 104 Å². The molecule has 0 saturated carbocycles. The third-order valence-corrected chi connectivity index (χ3v) is 2.07. The summed E-state index contributed by atoms with van der Waals surface area (Å²) >= 11 is 5.56. The van der Waals surface area contributed by atoms with Gasteiger partial charge in [-0.1, -0.05) is 0 Å². The van der Waals surface area contributed by atoms with Crippen LogP contribution in [0, 0.1) is 0 Å². The Balaban J connectivity index is 2.81. The third kappa shape index (κ3) is 4.68. The fourth-order valence-electron chi connectivity index (χ4n) is 1.25. The summed E-state index contributed by atoms with van der Waals surface area (Å²) in [6.45, 7) is 2.10. The van der Waals surface area contributed by atoms with Crippen LogP contribution in [-0.4, -0.2) is 42.0 Å². The van der Waals surface area contributed by atoms with Crippen LogP contribution >= 0.6 is 11.6 Å². The van der Waals surface area contributed by atoms with Crippen LogP contribution in [-0.2, 0) is 0 Å². The van der Waals surface area contributed by atoms with Gasteiger partial charge >= 0.3 is 0 Å². The Bertz CT molecular complexity index is 341. The summed E-state index contributed by atoms with van der Waals surface area (Å²) in [5.41, 5.74) is 0. The topological polar surface area (TPSA) is 38.2 Å². The van der Waals surface area contributed by atoms with Gasteiger partial charge in [0, 0.05) is 24.7 Å². The monoisotopic (exact) mass is 265 g/mol. The van der Waals surface area contributed by atoms with Crippen molar-refractivity contribution in [1.82, 2.24) is 9.97 Å². The molecule has 1 heterocycles. The number of hydrogen-bond acceptors (Lipinski definition) is 4. The lowest BCUT2D eigenvalue weighted by Crippen LogP contribution is -2.32. The lowest BCUT2D eigenvalue weighted by Gasteiger charge is -2.21. The maximum Gasteiger partial charge on any atom is 0.255 e. The molecule has 0 amide bonds. The van der Waals surface area contributed by atoms with Crippen LogP contribution in [0.1, 0.15) is 6.92 Å². The minimum atomic E-state index is -2.46. The second-order valence-corrected chi connectivity index (χ2v) is 3.53. The van der Waals surface area contributed by atoms with E-state index in [4.69, 9.17) is 16.3 Å². The molecule has 0 aliphatic carbocycles. The fraction of sp³-hybridized carbons (Fsp3) is 0.600. The Morgan fingerprint density at radius 2 is 2.29 bits per heavy atom. The molecule has 1 aromatic heterocycles. The van der Waals surface area contributed by atoms with Gasteiger partial charge in [0.05, 0.1) is 13.2 Å². The van der Waals surface area contributed by atoms with E-state index in [2.05, 4.69) is 9.97 Å². The van der Waals surface area contributed by atoms with E-state index in [1.165, 1.54) is 11.1 Å². The lowest BCUT2D eigenvalue weighted by atomic mass is 10.5. The van der Waals surface area contributed by atoms with Crippen LogP contribution in [0.4, 0.5) is 14.7 Å². The first kappa shape index (κ1) is 13.9. The van der Waals surface area contributed by atoms with Gasteiger partial charge in [0.2, 0.25) is 11.8 Å². The molecule has 0 unspecified atom stereocenters. The highest BCUT2D eigenvalue weighted by Crippen LogP contribution is 2.14. The van der Waals surface area contributed by atoms with Crippen LogP contribution in [0.3, 0.4) is 0 Å². The van der Waals surface area contributed by atoms with Gasteiger partial charge in [-0.3, -0.25) is 0 Å². The molecule has 1 rings (SSSR count). The van der Waals surface area contributed by atoms with E-state index in [1.54, 1.807) is 6.07 Å². The second-order valence-electron chi connectivity index (χ2n) is 3.15. The van der Waals surface area contributed by atoms with Crippen molar-refractivity contribution in [3.63, 3.8) is 0 Å². The molecule has 0 aliphatic heterocycles. The average Bonchev–Trinajstić information content (AvgIpc) is 2.29. The predicted molar refractivity (Wildman–Crippen MR) is 62.1 cm³/mol. The molecule has 0 saturated heterocycles. The number of alkyl halides is 3. The normalized spacial score (nSPS) is 10.6. The van der Waals surface area contributed by atoms with E-state index in [0.29, 0.717) is 12.5 Å². The number of rotatable bonds is 7. The number of ether oxygens (including phenoxy) is 1. The largest absolute Gasteiger partial charge is 0.478 e. The van der Waals surface area contributed by atoms with Gasteiger partial charge in [0.15, 0.2) is 0 Å². The molecule has 0 bridgehead atoms. The van der Waals surface area contributed by atoms with Crippen molar-refractivity contribution >= 4 is 17.5 Å². The quantitative estimate of drug-likeness (QED) is 0.709. The van der Waals surface area contributed by atoms with E-state index in [1.807, 2.05) is 6.92 Å². The maximum atomic E-state index is 12.4. The van der Waals surface area contributed by atoms with Crippen LogP contribution < -0.4 is 9.64 Å². The van der Waals surface area contributed by atoms with Crippen molar-refractivity contribution in [2.24, 2.45) is 0 Å². The van der Waals surface area contributed by atoms with Crippen molar-refractivity contribution in [2.75, 3.05) is 30.5 Å². The maximum absolute atomic E-state index is 12.4. The van der Waals surface area contributed by atoms with E-state index in [0.717, 1.165) is 0 Å². The minimum absolute atomic E-state index is 0.205. The molecule has 17 heavy (non-hydrogen) atoms. The predicted octanol–water partition coefficient (Wildman–Crippen LogP) is 2.19. The van der Waals surface area contributed by atoms with E-state index in [9.17, 15) is 8.78 Å². The molecule has 0 spiro atoms. The summed E-state index contributed by atoms with van der Waals surface area (Å²) in [6, 6.07) is 1.58. The first-order valence-corrected chi connectivity index (χ1v) is 5.75. The van der Waals surface area contributed by atoms with Crippen LogP contribution in [0.15, 0.2) is 12.3 Å². The van der Waals surface area contributed by atoms with Crippen LogP contribution in [0.25, 0.3) is 0 Å². The molecule has 4 nitrogen and oxygen atoms in total. The van der Waals surface area contributed by atoms with E-state index < -0.39 is 13.0 Å². The zero-order valence-corrected chi connectivity index (χ0v) is 10.2. The Kier molecular flexibility index (Phi) is 5.90. The minimum Gasteiger partial charge on any atom is -0.478 e. The van der Waals surface area contributed by atoms with Gasteiger partial charge in [-0.05, 0) is 6.92 Å². The van der Waals surface area contributed by atoms with Crippen LogP contribution in [0.2, 0.25) is 0 Å². The van der Waals surface area contributed by atoms with Crippen LogP contribution in [0.5, 0.6) is 5.88 Å². The molecule has 7 heteroatoms. The Hall–Kier alpha value is -1.17. The summed E-state index contributed by atoms with van der Waals surface area (Å²) in [4.78, 5) is 9.31. The number of anilines is 1. The molecular formula is C10H14ClF2N3O. The molecule has 0 atom stereocenters. The lowest BCUT2D eigenvalue weighted by molar-refractivity contribution is 0.154. The van der Waals surface area contributed by atoms with E-state index >= 15 is 0 Å². The summed E-state index contributed by atoms with van der Waals surface area (Å²) in [7, 11) is 0. The molecule has 0 aromatic carbocycles. The SMILES string of the molecule is CCOc1ccnc(N(CCCl)CC(F)F)n1. The standard InChI is InChI=1S/C10H14ClF2N3O/c1-2-17-9-3-5-14-10(15-9)16(6-4-11)7-8(12)13/h3,5,8H,2,4,6-7H2,1H3. The van der Waals surface area contributed by atoms with Crippen molar-refractivity contribution in [2.45, 2.75) is 13.3 Å². The number of nitrogens with zero attached hydrogens (tertiary/aromatic N) is 3. The highest BCUT2D eigenvalue weighted by atomic mass is 35.5. The number of aromatic nitrogens is 2. The first-order valence-electron chi connectivity index (χ1n) is 5.22. The van der Waals surface area contributed by atoms with Crippen molar-refractivity contribution in [1.29, 1.82) is 0 Å². The molecule has 0 fully saturated rings. The van der Waals surface area contributed by atoms with Gasteiger partial charge < -0.3 is 9.64 Å². The third-order valence-electron chi connectivity index (χ3n) is 1.91. The summed E-state index contributed by atoms with van der Waals surface area (Å²) in [5, 5.41) is 0. The number of hydrogen-bond donors (Lipinski definition) is 0. The van der Waals surface area contributed by atoms with Crippen molar-refractivity contribution in [3.05, 3.63) is 12.3 Å². The van der Waals surface area contributed by atoms with Gasteiger partial charge in [-0.15, -0.1) is 11.6 Å². The van der Waals surface area contributed by atoms with E-state index in [-0.39, 0.29) is 18.4 Å². The Morgan fingerprint density at radius 1 is 1.53 bits per heavy atom. The van der Waals surface area contributed by atoms with Crippen molar-refractivity contribution in [3.8, 4) is 5.88 Å². The smallest absolute Gasteiger partial charge is 0.255 e. The second kappa shape index (κ2) is 7.21. The summed E-state index contributed by atoms with van der Waals surface area (Å²) in [5.74, 6) is 0.804. The van der Waals surface area contributed by atoms with Gasteiger partial charge in [-0.25, -0.2) is 13.8 Å². The van der Waals surface area contributed by atoms with Gasteiger partial charge in [0.25, 0.3) is 6.43 Å². The molecule has 0 radical (unpaired) electrons. The molecule has 0 N–H and O–H groups in total. The zero-order valence-electron chi connectivity index (χ0n) is 9.44. The zero-order chi connectivity index (χ0) is 12.7. The number of halogens is 3. The first-order chi connectivity index (χ1) is 8.17. The Morgan fingerprint density at radius 3 is 2.88 bits per heavy atom. The molecular weight excluding hydrogens is 252 g/mol. The van der Waals surface area contributed by atoms with Gasteiger partial charge in [-0.2, -0.15) is 4.98 Å². The summed E-state index contributed by atoms with van der Waals surface area (Å²) < 4.78 is 29.9. The fourth-order valence-corrected chi connectivity index (χ4v) is 1.46. The van der Waals surface area contributed by atoms with Crippen molar-refractivity contribution < 1.29 is 13.5 Å². The molecule has 1 aromatic rings. The molecule has 96 valence electrons. The molecule has 0 aliphatic rings. The highest BCUT2D eigenvalue weighted by Gasteiger charge is 2.15.